The number of hydrogen-bond acceptors (Lipinski definition) is 6. The van der Waals surface area contributed by atoms with Gasteiger partial charge in [0.25, 0.3) is 0 Å². The molecule has 0 unspecified atom stereocenters. The average Bonchev–Trinajstić information content (AvgIpc) is 3.27. The fourth-order valence-corrected chi connectivity index (χ4v) is 2.76. The normalized spacial score (nSPS) is 15.4. The van der Waals surface area contributed by atoms with Gasteiger partial charge in [-0.1, -0.05) is 35.5 Å². The maximum atomic E-state index is 5.49. The van der Waals surface area contributed by atoms with Crippen molar-refractivity contribution in [3.8, 4) is 22.8 Å². The van der Waals surface area contributed by atoms with Crippen molar-refractivity contribution in [1.82, 2.24) is 20.1 Å². The van der Waals surface area contributed by atoms with Crippen LogP contribution in [-0.2, 0) is 10.2 Å². The Morgan fingerprint density at radius 2 is 1.79 bits per heavy atom. The molecule has 0 bridgehead atoms. The van der Waals surface area contributed by atoms with Crippen LogP contribution in [-0.4, -0.2) is 33.8 Å². The van der Waals surface area contributed by atoms with Crippen LogP contribution in [0.3, 0.4) is 0 Å². The lowest BCUT2D eigenvalue weighted by Crippen LogP contribution is -2.10. The fraction of sp³-hybridized carbons (Fsp3) is 0.333. The Kier molecular flexibility index (Phi) is 3.82. The molecule has 0 amide bonds. The van der Waals surface area contributed by atoms with E-state index in [4.69, 9.17) is 9.26 Å². The Hall–Kier alpha value is -2.60. The molecule has 6 heteroatoms. The molecule has 0 radical (unpaired) electrons. The van der Waals surface area contributed by atoms with E-state index >= 15 is 0 Å². The molecule has 2 aromatic heterocycles. The summed E-state index contributed by atoms with van der Waals surface area (Å²) >= 11 is 0. The Balaban J connectivity index is 1.55. The molecule has 4 rings (SSSR count). The van der Waals surface area contributed by atoms with Gasteiger partial charge in [-0.2, -0.15) is 4.98 Å². The monoisotopic (exact) mass is 322 g/mol. The highest BCUT2D eigenvalue weighted by Crippen LogP contribution is 2.50. The standard InChI is InChI=1S/C18H18N4O2/c1-23-10-9-18(7-8-18)17-21-16(22-24-17)14-11-19-15(20-12-14)13-5-3-2-4-6-13/h2-6,11-12H,7-10H2,1H3. The zero-order valence-electron chi connectivity index (χ0n) is 13.5. The number of methoxy groups -OCH3 is 1. The third-order valence-corrected chi connectivity index (χ3v) is 4.46. The van der Waals surface area contributed by atoms with Crippen LogP contribution in [0.2, 0.25) is 0 Å². The molecule has 1 aliphatic rings. The van der Waals surface area contributed by atoms with E-state index in [0.717, 1.165) is 30.4 Å². The Labute approximate surface area is 139 Å². The first-order valence-electron chi connectivity index (χ1n) is 8.02. The van der Waals surface area contributed by atoms with E-state index < -0.39 is 0 Å². The van der Waals surface area contributed by atoms with E-state index in [-0.39, 0.29) is 5.41 Å². The molecule has 2 heterocycles. The highest BCUT2D eigenvalue weighted by Gasteiger charge is 2.48. The second kappa shape index (κ2) is 6.13. The highest BCUT2D eigenvalue weighted by molar-refractivity contribution is 5.58. The van der Waals surface area contributed by atoms with E-state index in [1.165, 1.54) is 0 Å². The van der Waals surface area contributed by atoms with Crippen LogP contribution in [0.1, 0.15) is 25.2 Å². The van der Waals surface area contributed by atoms with Gasteiger partial charge in [0.05, 0.1) is 11.0 Å². The lowest BCUT2D eigenvalue weighted by Gasteiger charge is -2.07. The van der Waals surface area contributed by atoms with E-state index in [2.05, 4.69) is 20.1 Å². The molecule has 0 spiro atoms. The first kappa shape index (κ1) is 15.0. The summed E-state index contributed by atoms with van der Waals surface area (Å²) in [5.41, 5.74) is 1.74. The largest absolute Gasteiger partial charge is 0.385 e. The average molecular weight is 322 g/mol. The smallest absolute Gasteiger partial charge is 0.233 e. The maximum Gasteiger partial charge on any atom is 0.233 e. The summed E-state index contributed by atoms with van der Waals surface area (Å²) in [5, 5.41) is 4.10. The topological polar surface area (TPSA) is 73.9 Å². The van der Waals surface area contributed by atoms with Crippen LogP contribution < -0.4 is 0 Å². The molecule has 122 valence electrons. The number of nitrogens with zero attached hydrogens (tertiary/aromatic N) is 4. The SMILES string of the molecule is COCCC1(c2nc(-c3cnc(-c4ccccc4)nc3)no2)CC1. The van der Waals surface area contributed by atoms with Crippen LogP contribution >= 0.6 is 0 Å². The molecule has 6 nitrogen and oxygen atoms in total. The molecule has 0 atom stereocenters. The number of ether oxygens (including phenoxy) is 1. The number of hydrogen-bond donors (Lipinski definition) is 0. The zero-order valence-corrected chi connectivity index (χ0v) is 13.5. The summed E-state index contributed by atoms with van der Waals surface area (Å²) in [5.74, 6) is 1.91. The molecular formula is C18H18N4O2. The molecule has 1 saturated carbocycles. The molecule has 0 saturated heterocycles. The van der Waals surface area contributed by atoms with Crippen molar-refractivity contribution < 1.29 is 9.26 Å². The summed E-state index contributed by atoms with van der Waals surface area (Å²) in [7, 11) is 1.71. The van der Waals surface area contributed by atoms with Crippen LogP contribution in [0, 0.1) is 0 Å². The molecule has 3 aromatic rings. The van der Waals surface area contributed by atoms with Crippen molar-refractivity contribution in [1.29, 1.82) is 0 Å². The predicted molar refractivity (Wildman–Crippen MR) is 88.2 cm³/mol. The first-order valence-corrected chi connectivity index (χ1v) is 8.02. The minimum atomic E-state index is 0.00605. The van der Waals surface area contributed by atoms with Crippen LogP contribution in [0.15, 0.2) is 47.2 Å². The fourth-order valence-electron chi connectivity index (χ4n) is 2.76. The van der Waals surface area contributed by atoms with Gasteiger partial charge in [-0.3, -0.25) is 0 Å². The van der Waals surface area contributed by atoms with Gasteiger partial charge in [0, 0.05) is 31.7 Å². The first-order chi connectivity index (χ1) is 11.8. The van der Waals surface area contributed by atoms with Gasteiger partial charge in [-0.05, 0) is 19.3 Å². The molecular weight excluding hydrogens is 304 g/mol. The van der Waals surface area contributed by atoms with Crippen molar-refractivity contribution in [2.75, 3.05) is 13.7 Å². The van der Waals surface area contributed by atoms with Crippen molar-refractivity contribution in [2.24, 2.45) is 0 Å². The van der Waals surface area contributed by atoms with Gasteiger partial charge < -0.3 is 9.26 Å². The minimum absolute atomic E-state index is 0.00605. The Bertz CT molecular complexity index is 811. The van der Waals surface area contributed by atoms with Crippen LogP contribution in [0.25, 0.3) is 22.8 Å². The second-order valence-corrected chi connectivity index (χ2v) is 6.11. The van der Waals surface area contributed by atoms with E-state index in [0.29, 0.717) is 24.1 Å². The van der Waals surface area contributed by atoms with Crippen LogP contribution in [0.5, 0.6) is 0 Å². The minimum Gasteiger partial charge on any atom is -0.385 e. The summed E-state index contributed by atoms with van der Waals surface area (Å²) in [6, 6.07) is 9.86. The summed E-state index contributed by atoms with van der Waals surface area (Å²) in [6.45, 7) is 0.701. The van der Waals surface area contributed by atoms with Gasteiger partial charge in [-0.15, -0.1) is 0 Å². The lowest BCUT2D eigenvalue weighted by molar-refractivity contribution is 0.177. The van der Waals surface area contributed by atoms with Gasteiger partial charge in [0.2, 0.25) is 11.7 Å². The molecule has 24 heavy (non-hydrogen) atoms. The quantitative estimate of drug-likeness (QED) is 0.693. The second-order valence-electron chi connectivity index (χ2n) is 6.11. The third-order valence-electron chi connectivity index (χ3n) is 4.46. The third kappa shape index (κ3) is 2.80. The molecule has 0 aliphatic heterocycles. The van der Waals surface area contributed by atoms with Gasteiger partial charge in [0.1, 0.15) is 0 Å². The molecule has 1 aliphatic carbocycles. The van der Waals surface area contributed by atoms with Crippen molar-refractivity contribution in [2.45, 2.75) is 24.7 Å². The zero-order chi connectivity index (χ0) is 16.4. The van der Waals surface area contributed by atoms with E-state index in [9.17, 15) is 0 Å². The van der Waals surface area contributed by atoms with E-state index in [1.54, 1.807) is 19.5 Å². The van der Waals surface area contributed by atoms with Crippen molar-refractivity contribution in [3.63, 3.8) is 0 Å². The van der Waals surface area contributed by atoms with Gasteiger partial charge in [-0.25, -0.2) is 9.97 Å². The number of benzene rings is 1. The summed E-state index contributed by atoms with van der Waals surface area (Å²) < 4.78 is 10.7. The van der Waals surface area contributed by atoms with Crippen molar-refractivity contribution in [3.05, 3.63) is 48.6 Å². The van der Waals surface area contributed by atoms with Crippen molar-refractivity contribution >= 4 is 0 Å². The highest BCUT2D eigenvalue weighted by atomic mass is 16.5. The summed E-state index contributed by atoms with van der Waals surface area (Å²) in [6.07, 6.45) is 6.52. The molecule has 1 aromatic carbocycles. The Morgan fingerprint density at radius 3 is 2.46 bits per heavy atom. The Morgan fingerprint density at radius 1 is 1.04 bits per heavy atom. The van der Waals surface area contributed by atoms with Gasteiger partial charge >= 0.3 is 0 Å². The van der Waals surface area contributed by atoms with Crippen LogP contribution in [0.4, 0.5) is 0 Å². The number of aromatic nitrogens is 4. The lowest BCUT2D eigenvalue weighted by atomic mass is 10.0. The van der Waals surface area contributed by atoms with Gasteiger partial charge in [0.15, 0.2) is 5.82 Å². The van der Waals surface area contributed by atoms with E-state index in [1.807, 2.05) is 30.3 Å². The molecule has 0 N–H and O–H groups in total. The maximum absolute atomic E-state index is 5.49. The summed E-state index contributed by atoms with van der Waals surface area (Å²) in [4.78, 5) is 13.4. The number of rotatable bonds is 6. The predicted octanol–water partition coefficient (Wildman–Crippen LogP) is 3.26. The molecule has 1 fully saturated rings.